The molecule has 0 radical (unpaired) electrons. The first kappa shape index (κ1) is 35.7. The molecule has 0 saturated carbocycles. The third-order valence-electron chi connectivity index (χ3n) is 7.71. The number of Topliss-reactive ketones (excluding diaryl/α,β-unsaturated/α-hetero) is 1. The fraction of sp³-hybridized carbons (Fsp3) is 0.211. The molecule has 0 aliphatic carbocycles. The minimum Gasteiger partial charge on any atom is -0.368 e. The Morgan fingerprint density at radius 3 is 1.65 bits per heavy atom. The number of benzene rings is 4. The van der Waals surface area contributed by atoms with Crippen molar-refractivity contribution < 1.29 is 28.8 Å². The molecule has 4 aromatic rings. The lowest BCUT2D eigenvalue weighted by molar-refractivity contribution is -0.140. The normalized spacial score (nSPS) is 12.4. The van der Waals surface area contributed by atoms with Crippen molar-refractivity contribution in [2.24, 2.45) is 5.73 Å². The molecule has 0 aliphatic heterocycles. The number of hydrogen-bond acceptors (Lipinski definition) is 6. The maximum atomic E-state index is 13.2. The first-order valence-corrected chi connectivity index (χ1v) is 15.8. The molecule has 11 heteroatoms. The SMILES string of the molecule is CC(NC(=O)[C@H](Cc1ccccc1)NC(=O)Cc1ccccc1)C(=O)C(=O)NCC(=O)N[C@@H](Cc1ccc(-c2ccccc2)cc1)C(N)=O. The summed E-state index contributed by atoms with van der Waals surface area (Å²) < 4.78 is 0. The third kappa shape index (κ3) is 11.3. The van der Waals surface area contributed by atoms with Crippen LogP contribution in [-0.4, -0.2) is 60.0 Å². The van der Waals surface area contributed by atoms with E-state index in [4.69, 9.17) is 5.73 Å². The van der Waals surface area contributed by atoms with Crippen molar-refractivity contribution in [2.45, 2.75) is 44.3 Å². The zero-order chi connectivity index (χ0) is 35.2. The molecule has 0 aliphatic rings. The summed E-state index contributed by atoms with van der Waals surface area (Å²) in [5.74, 6) is -4.64. The maximum Gasteiger partial charge on any atom is 0.290 e. The first-order valence-electron chi connectivity index (χ1n) is 15.8. The van der Waals surface area contributed by atoms with Gasteiger partial charge in [-0.25, -0.2) is 0 Å². The Morgan fingerprint density at radius 1 is 0.571 bits per heavy atom. The lowest BCUT2D eigenvalue weighted by Gasteiger charge is -2.21. The van der Waals surface area contributed by atoms with E-state index in [2.05, 4.69) is 21.3 Å². The molecule has 4 aromatic carbocycles. The highest BCUT2D eigenvalue weighted by Crippen LogP contribution is 2.19. The van der Waals surface area contributed by atoms with Gasteiger partial charge in [-0.15, -0.1) is 0 Å². The van der Waals surface area contributed by atoms with Crippen LogP contribution in [-0.2, 0) is 48.0 Å². The van der Waals surface area contributed by atoms with Crippen LogP contribution in [0.5, 0.6) is 0 Å². The molecule has 0 bridgehead atoms. The zero-order valence-corrected chi connectivity index (χ0v) is 27.1. The topological polar surface area (TPSA) is 177 Å². The highest BCUT2D eigenvalue weighted by Gasteiger charge is 2.28. The number of primary amides is 1. The minimum atomic E-state index is -1.27. The molecule has 5 amide bonds. The molecule has 0 heterocycles. The quantitative estimate of drug-likeness (QED) is 0.115. The van der Waals surface area contributed by atoms with E-state index < -0.39 is 54.1 Å². The van der Waals surface area contributed by atoms with E-state index in [-0.39, 0.29) is 25.2 Å². The van der Waals surface area contributed by atoms with Crippen molar-refractivity contribution in [1.82, 2.24) is 21.3 Å². The Bertz CT molecular complexity index is 1750. The lowest BCUT2D eigenvalue weighted by atomic mass is 10.0. The van der Waals surface area contributed by atoms with E-state index >= 15 is 0 Å². The highest BCUT2D eigenvalue weighted by molar-refractivity contribution is 6.38. The van der Waals surface area contributed by atoms with Gasteiger partial charge in [-0.1, -0.05) is 115 Å². The monoisotopic (exact) mass is 661 g/mol. The molecule has 6 N–H and O–H groups in total. The summed E-state index contributed by atoms with van der Waals surface area (Å²) in [6.07, 6.45) is 0.326. The van der Waals surface area contributed by atoms with Crippen LogP contribution in [0.1, 0.15) is 23.6 Å². The Balaban J connectivity index is 1.28. The molecular formula is C38H39N5O6. The number of ketones is 1. The van der Waals surface area contributed by atoms with Crippen LogP contribution >= 0.6 is 0 Å². The smallest absolute Gasteiger partial charge is 0.290 e. The summed E-state index contributed by atoms with van der Waals surface area (Å²) in [5, 5.41) is 9.95. The molecule has 1 unspecified atom stereocenters. The van der Waals surface area contributed by atoms with Crippen molar-refractivity contribution in [2.75, 3.05) is 6.54 Å². The standard InChI is InChI=1S/C38H39N5O6/c1-25(41-37(48)32(22-26-11-5-2-6-12-26)43-33(44)23-27-13-7-3-8-14-27)35(46)38(49)40-24-34(45)42-31(36(39)47)21-28-17-19-30(20-18-28)29-15-9-4-10-16-29/h2-20,25,31-32H,21-24H2,1H3,(H2,39,47)(H,40,49)(H,41,48)(H,42,45)(H,43,44)/t25?,31-,32-/m0/s1. The second-order valence-corrected chi connectivity index (χ2v) is 11.5. The van der Waals surface area contributed by atoms with Gasteiger partial charge in [0, 0.05) is 12.8 Å². The van der Waals surface area contributed by atoms with Gasteiger partial charge < -0.3 is 27.0 Å². The van der Waals surface area contributed by atoms with Gasteiger partial charge >= 0.3 is 0 Å². The van der Waals surface area contributed by atoms with Crippen LogP contribution in [0, 0.1) is 0 Å². The molecule has 11 nitrogen and oxygen atoms in total. The highest BCUT2D eigenvalue weighted by atomic mass is 16.2. The number of rotatable bonds is 16. The Morgan fingerprint density at radius 2 is 1.06 bits per heavy atom. The van der Waals surface area contributed by atoms with Gasteiger partial charge in [-0.05, 0) is 34.7 Å². The number of amides is 5. The second-order valence-electron chi connectivity index (χ2n) is 11.5. The second kappa shape index (κ2) is 17.7. The van der Waals surface area contributed by atoms with Crippen LogP contribution in [0.3, 0.4) is 0 Å². The summed E-state index contributed by atoms with van der Waals surface area (Å²) in [6, 6.07) is 32.0. The lowest BCUT2D eigenvalue weighted by Crippen LogP contribution is -2.54. The summed E-state index contributed by atoms with van der Waals surface area (Å²) in [6.45, 7) is 0.728. The maximum absolute atomic E-state index is 13.2. The van der Waals surface area contributed by atoms with Gasteiger partial charge in [0.2, 0.25) is 29.4 Å². The number of nitrogens with one attached hydrogen (secondary N) is 4. The van der Waals surface area contributed by atoms with Gasteiger partial charge in [0.05, 0.1) is 19.0 Å². The molecule has 252 valence electrons. The molecule has 0 aromatic heterocycles. The average Bonchev–Trinajstić information content (AvgIpc) is 3.11. The van der Waals surface area contributed by atoms with Gasteiger partial charge in [0.25, 0.3) is 5.91 Å². The van der Waals surface area contributed by atoms with Crippen LogP contribution < -0.4 is 27.0 Å². The Hall–Kier alpha value is -6.10. The Kier molecular flexibility index (Phi) is 12.9. The average molecular weight is 662 g/mol. The molecule has 4 rings (SSSR count). The summed E-state index contributed by atoms with van der Waals surface area (Å²) >= 11 is 0. The van der Waals surface area contributed by atoms with Gasteiger partial charge in [-0.3, -0.25) is 28.8 Å². The van der Waals surface area contributed by atoms with Crippen molar-refractivity contribution >= 4 is 35.3 Å². The minimum absolute atomic E-state index is 0.0511. The predicted octanol–water partition coefficient (Wildman–Crippen LogP) is 2.03. The van der Waals surface area contributed by atoms with E-state index in [1.165, 1.54) is 6.92 Å². The summed E-state index contributed by atoms with van der Waals surface area (Å²) in [4.78, 5) is 76.2. The van der Waals surface area contributed by atoms with Crippen molar-refractivity contribution in [3.05, 3.63) is 132 Å². The van der Waals surface area contributed by atoms with Crippen molar-refractivity contribution in [3.8, 4) is 11.1 Å². The van der Waals surface area contributed by atoms with E-state index in [1.54, 1.807) is 48.5 Å². The van der Waals surface area contributed by atoms with Gasteiger partial charge in [0.15, 0.2) is 0 Å². The third-order valence-corrected chi connectivity index (χ3v) is 7.71. The van der Waals surface area contributed by atoms with Gasteiger partial charge in [-0.2, -0.15) is 0 Å². The fourth-order valence-electron chi connectivity index (χ4n) is 5.08. The van der Waals surface area contributed by atoms with Crippen LogP contribution in [0.15, 0.2) is 115 Å². The number of hydrogen-bond donors (Lipinski definition) is 5. The summed E-state index contributed by atoms with van der Waals surface area (Å²) in [5.41, 5.74) is 9.85. The molecule has 3 atom stereocenters. The van der Waals surface area contributed by atoms with E-state index in [1.807, 2.05) is 66.7 Å². The zero-order valence-electron chi connectivity index (χ0n) is 27.1. The fourth-order valence-corrected chi connectivity index (χ4v) is 5.08. The van der Waals surface area contributed by atoms with Crippen LogP contribution in [0.2, 0.25) is 0 Å². The van der Waals surface area contributed by atoms with Crippen LogP contribution in [0.25, 0.3) is 11.1 Å². The molecule has 49 heavy (non-hydrogen) atoms. The molecule has 0 fully saturated rings. The van der Waals surface area contributed by atoms with E-state index in [0.717, 1.165) is 27.8 Å². The summed E-state index contributed by atoms with van der Waals surface area (Å²) in [7, 11) is 0. The van der Waals surface area contributed by atoms with Crippen molar-refractivity contribution in [3.63, 3.8) is 0 Å². The largest absolute Gasteiger partial charge is 0.368 e. The van der Waals surface area contributed by atoms with Gasteiger partial charge in [0.1, 0.15) is 12.1 Å². The number of carbonyl (C=O) groups excluding carboxylic acids is 6. The molecule has 0 saturated heterocycles. The number of carbonyl (C=O) groups is 6. The van der Waals surface area contributed by atoms with E-state index in [0.29, 0.717) is 0 Å². The van der Waals surface area contributed by atoms with Crippen LogP contribution in [0.4, 0.5) is 0 Å². The Labute approximate surface area is 284 Å². The molecular weight excluding hydrogens is 622 g/mol. The molecule has 0 spiro atoms. The first-order chi connectivity index (χ1) is 23.6. The van der Waals surface area contributed by atoms with Crippen molar-refractivity contribution in [1.29, 1.82) is 0 Å². The van der Waals surface area contributed by atoms with E-state index in [9.17, 15) is 28.8 Å². The number of nitrogens with two attached hydrogens (primary N) is 1. The predicted molar refractivity (Wildman–Crippen MR) is 185 cm³/mol.